The van der Waals surface area contributed by atoms with E-state index in [0.717, 1.165) is 0 Å². The summed E-state index contributed by atoms with van der Waals surface area (Å²) in [6.45, 7) is 3.23. The first kappa shape index (κ1) is 12.6. The molecule has 1 N–H and O–H groups in total. The van der Waals surface area contributed by atoms with Gasteiger partial charge in [-0.3, -0.25) is 4.72 Å². The highest BCUT2D eigenvalue weighted by Crippen LogP contribution is 2.21. The van der Waals surface area contributed by atoms with Gasteiger partial charge in [-0.05, 0) is 32.0 Å². The first-order valence-electron chi connectivity index (χ1n) is 5.37. The molecule has 2 rings (SSSR count). The average molecular weight is 267 g/mol. The Kier molecular flexibility index (Phi) is 3.33. The molecule has 0 aliphatic rings. The van der Waals surface area contributed by atoms with E-state index in [1.54, 1.807) is 38.1 Å². The summed E-state index contributed by atoms with van der Waals surface area (Å²) in [6.07, 6.45) is 1.22. The molecule has 2 aromatic rings. The van der Waals surface area contributed by atoms with Crippen LogP contribution in [0.4, 0.5) is 5.69 Å². The van der Waals surface area contributed by atoms with Gasteiger partial charge < -0.3 is 4.42 Å². The van der Waals surface area contributed by atoms with Crippen molar-refractivity contribution in [2.45, 2.75) is 19.1 Å². The zero-order valence-corrected chi connectivity index (χ0v) is 10.8. The van der Waals surface area contributed by atoms with Gasteiger partial charge >= 0.3 is 0 Å². The molecule has 0 spiro atoms. The molecule has 18 heavy (non-hydrogen) atoms. The van der Waals surface area contributed by atoms with E-state index >= 15 is 0 Å². The molecule has 0 radical (unpaired) electrons. The molecule has 0 amide bonds. The molecule has 0 atom stereocenters. The summed E-state index contributed by atoms with van der Waals surface area (Å²) in [4.78, 5) is 0. The molecule has 7 heteroatoms. The number of rotatable bonds is 4. The number of benzene rings is 1. The maximum Gasteiger partial charge on any atom is 0.247 e. The third-order valence-electron chi connectivity index (χ3n) is 2.35. The van der Waals surface area contributed by atoms with Crippen molar-refractivity contribution in [3.63, 3.8) is 0 Å². The van der Waals surface area contributed by atoms with Gasteiger partial charge in [-0.15, -0.1) is 10.2 Å². The highest BCUT2D eigenvalue weighted by atomic mass is 32.2. The van der Waals surface area contributed by atoms with E-state index in [1.165, 1.54) is 6.39 Å². The minimum Gasteiger partial charge on any atom is -0.423 e. The van der Waals surface area contributed by atoms with E-state index in [1.807, 2.05) is 0 Å². The van der Waals surface area contributed by atoms with Crippen molar-refractivity contribution < 1.29 is 12.8 Å². The minimum atomic E-state index is -3.35. The molecule has 1 aromatic carbocycles. The Balaban J connectivity index is 2.29. The van der Waals surface area contributed by atoms with E-state index in [0.29, 0.717) is 17.1 Å². The van der Waals surface area contributed by atoms with Gasteiger partial charge in [-0.1, -0.05) is 6.07 Å². The largest absolute Gasteiger partial charge is 0.423 e. The SMILES string of the molecule is CC(C)S(=O)(=O)Nc1cccc(-c2nnco2)c1. The summed E-state index contributed by atoms with van der Waals surface area (Å²) in [5.41, 5.74) is 1.14. The van der Waals surface area contributed by atoms with Crippen molar-refractivity contribution in [1.29, 1.82) is 0 Å². The summed E-state index contributed by atoms with van der Waals surface area (Å²) in [7, 11) is -3.35. The monoisotopic (exact) mass is 267 g/mol. The maximum absolute atomic E-state index is 11.7. The summed E-state index contributed by atoms with van der Waals surface area (Å²) in [6, 6.07) is 6.80. The van der Waals surface area contributed by atoms with E-state index in [-0.39, 0.29) is 0 Å². The molecular formula is C11H13N3O3S. The molecule has 0 aliphatic heterocycles. The van der Waals surface area contributed by atoms with Crippen molar-refractivity contribution >= 4 is 15.7 Å². The normalized spacial score (nSPS) is 11.7. The Bertz CT molecular complexity index is 621. The molecule has 1 aromatic heterocycles. The lowest BCUT2D eigenvalue weighted by Crippen LogP contribution is -2.22. The van der Waals surface area contributed by atoms with Gasteiger partial charge in [0.1, 0.15) is 0 Å². The van der Waals surface area contributed by atoms with E-state index in [2.05, 4.69) is 14.9 Å². The zero-order valence-electron chi connectivity index (χ0n) is 9.99. The summed E-state index contributed by atoms with van der Waals surface area (Å²) < 4.78 is 31.0. The first-order chi connectivity index (χ1) is 8.49. The van der Waals surface area contributed by atoms with Crippen LogP contribution in [0.15, 0.2) is 35.1 Å². The van der Waals surface area contributed by atoms with E-state index in [4.69, 9.17) is 4.42 Å². The Morgan fingerprint density at radius 1 is 1.33 bits per heavy atom. The second kappa shape index (κ2) is 4.77. The molecule has 0 bridgehead atoms. The number of hydrogen-bond donors (Lipinski definition) is 1. The van der Waals surface area contributed by atoms with Crippen molar-refractivity contribution in [2.24, 2.45) is 0 Å². The number of nitrogens with zero attached hydrogens (tertiary/aromatic N) is 2. The molecular weight excluding hydrogens is 254 g/mol. The van der Waals surface area contributed by atoms with Crippen LogP contribution in [0.3, 0.4) is 0 Å². The van der Waals surface area contributed by atoms with Crippen molar-refractivity contribution in [2.75, 3.05) is 4.72 Å². The average Bonchev–Trinajstić information content (AvgIpc) is 2.82. The second-order valence-electron chi connectivity index (χ2n) is 4.02. The number of sulfonamides is 1. The van der Waals surface area contributed by atoms with Gasteiger partial charge in [0.25, 0.3) is 0 Å². The lowest BCUT2D eigenvalue weighted by molar-refractivity contribution is 0.568. The lowest BCUT2D eigenvalue weighted by Gasteiger charge is -2.10. The molecule has 1 heterocycles. The smallest absolute Gasteiger partial charge is 0.247 e. The Labute approximate surface area is 105 Å². The highest BCUT2D eigenvalue weighted by Gasteiger charge is 2.16. The molecule has 6 nitrogen and oxygen atoms in total. The van der Waals surface area contributed by atoms with Crippen LogP contribution in [0.5, 0.6) is 0 Å². The summed E-state index contributed by atoms with van der Waals surface area (Å²) in [5.74, 6) is 0.348. The molecule has 0 aliphatic carbocycles. The topological polar surface area (TPSA) is 85.1 Å². The maximum atomic E-state index is 11.7. The molecule has 0 fully saturated rings. The van der Waals surface area contributed by atoms with Crippen LogP contribution in [0.25, 0.3) is 11.5 Å². The van der Waals surface area contributed by atoms with E-state index < -0.39 is 15.3 Å². The van der Waals surface area contributed by atoms with Crippen LogP contribution in [-0.4, -0.2) is 23.9 Å². The minimum absolute atomic E-state index is 0.348. The fourth-order valence-electron chi connectivity index (χ4n) is 1.30. The third kappa shape index (κ3) is 2.67. The van der Waals surface area contributed by atoms with Crippen LogP contribution in [0, 0.1) is 0 Å². The molecule has 0 saturated heterocycles. The van der Waals surface area contributed by atoms with E-state index in [9.17, 15) is 8.42 Å². The fraction of sp³-hybridized carbons (Fsp3) is 0.273. The van der Waals surface area contributed by atoms with Gasteiger partial charge in [0, 0.05) is 11.3 Å². The Hall–Kier alpha value is -1.89. The third-order valence-corrected chi connectivity index (χ3v) is 4.11. The van der Waals surface area contributed by atoms with Crippen LogP contribution >= 0.6 is 0 Å². The molecule has 0 saturated carbocycles. The van der Waals surface area contributed by atoms with Crippen molar-refractivity contribution in [1.82, 2.24) is 10.2 Å². The fourth-order valence-corrected chi connectivity index (χ4v) is 1.99. The number of aromatic nitrogens is 2. The first-order valence-corrected chi connectivity index (χ1v) is 6.92. The molecule has 0 unspecified atom stereocenters. The van der Waals surface area contributed by atoms with Gasteiger partial charge in [0.2, 0.25) is 22.3 Å². The summed E-state index contributed by atoms with van der Waals surface area (Å²) >= 11 is 0. The Morgan fingerprint density at radius 2 is 2.11 bits per heavy atom. The number of anilines is 1. The molecule has 96 valence electrons. The predicted octanol–water partition coefficient (Wildman–Crippen LogP) is 1.89. The lowest BCUT2D eigenvalue weighted by atomic mass is 10.2. The van der Waals surface area contributed by atoms with Gasteiger partial charge in [-0.25, -0.2) is 8.42 Å². The van der Waals surface area contributed by atoms with Gasteiger partial charge in [-0.2, -0.15) is 0 Å². The van der Waals surface area contributed by atoms with Gasteiger partial charge in [0.15, 0.2) is 0 Å². The van der Waals surface area contributed by atoms with Crippen LogP contribution in [-0.2, 0) is 10.0 Å². The second-order valence-corrected chi connectivity index (χ2v) is 6.26. The quantitative estimate of drug-likeness (QED) is 0.914. The summed E-state index contributed by atoms with van der Waals surface area (Å²) in [5, 5.41) is 6.85. The Morgan fingerprint density at radius 3 is 2.72 bits per heavy atom. The van der Waals surface area contributed by atoms with Gasteiger partial charge in [0.05, 0.1) is 5.25 Å². The van der Waals surface area contributed by atoms with Crippen LogP contribution < -0.4 is 4.72 Å². The number of hydrogen-bond acceptors (Lipinski definition) is 5. The predicted molar refractivity (Wildman–Crippen MR) is 67.4 cm³/mol. The zero-order chi connectivity index (χ0) is 13.2. The standard InChI is InChI=1S/C11H13N3O3S/c1-8(2)18(15,16)14-10-5-3-4-9(6-10)11-13-12-7-17-11/h3-8,14H,1-2H3. The highest BCUT2D eigenvalue weighted by molar-refractivity contribution is 7.93. The van der Waals surface area contributed by atoms with Crippen molar-refractivity contribution in [3.8, 4) is 11.5 Å². The van der Waals surface area contributed by atoms with Crippen LogP contribution in [0.2, 0.25) is 0 Å². The number of nitrogens with one attached hydrogen (secondary N) is 1. The van der Waals surface area contributed by atoms with Crippen molar-refractivity contribution in [3.05, 3.63) is 30.7 Å². The van der Waals surface area contributed by atoms with Crippen LogP contribution in [0.1, 0.15) is 13.8 Å².